The number of rotatable bonds is 5. The summed E-state index contributed by atoms with van der Waals surface area (Å²) in [5.41, 5.74) is 2.45. The molecule has 0 saturated heterocycles. The highest BCUT2D eigenvalue weighted by molar-refractivity contribution is 7.99. The average molecular weight is 277 g/mol. The van der Waals surface area contributed by atoms with E-state index in [0.29, 0.717) is 16.5 Å². The number of hydrogen-bond acceptors (Lipinski definition) is 5. The molecule has 0 aliphatic carbocycles. The molecule has 0 spiro atoms. The number of carbonyl (C=O) groups excluding carboxylic acids is 1. The minimum absolute atomic E-state index is 0.00213. The zero-order valence-electron chi connectivity index (χ0n) is 11.1. The Morgan fingerprint density at radius 1 is 1.42 bits per heavy atom. The van der Waals surface area contributed by atoms with E-state index < -0.39 is 0 Å². The van der Waals surface area contributed by atoms with Crippen LogP contribution in [-0.4, -0.2) is 23.6 Å². The van der Waals surface area contributed by atoms with Gasteiger partial charge in [-0.15, -0.1) is 0 Å². The molecule has 0 N–H and O–H groups in total. The van der Waals surface area contributed by atoms with Crippen LogP contribution in [0.1, 0.15) is 21.6 Å². The van der Waals surface area contributed by atoms with Gasteiger partial charge in [-0.2, -0.15) is 0 Å². The molecule has 0 unspecified atom stereocenters. The van der Waals surface area contributed by atoms with Crippen molar-refractivity contribution in [3.05, 3.63) is 41.3 Å². The van der Waals surface area contributed by atoms with Crippen molar-refractivity contribution in [3.63, 3.8) is 0 Å². The predicted octanol–water partition coefficient (Wildman–Crippen LogP) is 3.28. The molecule has 0 amide bonds. The Kier molecular flexibility index (Phi) is 4.27. The maximum absolute atomic E-state index is 12.1. The number of ether oxygens (including phenoxy) is 1. The lowest BCUT2D eigenvalue weighted by Crippen LogP contribution is -2.05. The predicted molar refractivity (Wildman–Crippen MR) is 74.0 cm³/mol. The van der Waals surface area contributed by atoms with E-state index in [1.807, 2.05) is 26.0 Å². The number of ketones is 1. The number of Topliss-reactive ketones (excluding diaryl/α,β-unsaturated/α-hetero) is 1. The molecule has 1 aromatic heterocycles. The summed E-state index contributed by atoms with van der Waals surface area (Å²) in [5.74, 6) is 0.881. The van der Waals surface area contributed by atoms with Gasteiger partial charge in [0.25, 0.3) is 5.22 Å². The average Bonchev–Trinajstić information content (AvgIpc) is 2.81. The van der Waals surface area contributed by atoms with Gasteiger partial charge in [0.05, 0.1) is 24.1 Å². The lowest BCUT2D eigenvalue weighted by atomic mass is 10.1. The minimum Gasteiger partial charge on any atom is -0.496 e. The molecular weight excluding hydrogens is 262 g/mol. The normalized spacial score (nSPS) is 10.5. The highest BCUT2D eigenvalue weighted by Crippen LogP contribution is 2.24. The smallest absolute Gasteiger partial charge is 0.256 e. The Morgan fingerprint density at radius 2 is 2.21 bits per heavy atom. The number of carbonyl (C=O) groups is 1. The van der Waals surface area contributed by atoms with Crippen molar-refractivity contribution in [2.24, 2.45) is 0 Å². The Morgan fingerprint density at radius 3 is 2.84 bits per heavy atom. The molecule has 100 valence electrons. The van der Waals surface area contributed by atoms with Crippen molar-refractivity contribution in [1.29, 1.82) is 0 Å². The maximum Gasteiger partial charge on any atom is 0.256 e. The number of oxazole rings is 1. The van der Waals surface area contributed by atoms with Crippen LogP contribution in [0.5, 0.6) is 5.75 Å². The van der Waals surface area contributed by atoms with Gasteiger partial charge in [-0.1, -0.05) is 17.8 Å². The van der Waals surface area contributed by atoms with Gasteiger partial charge in [0.1, 0.15) is 12.0 Å². The summed E-state index contributed by atoms with van der Waals surface area (Å²) in [6, 6.07) is 5.54. The van der Waals surface area contributed by atoms with Gasteiger partial charge in [-0.3, -0.25) is 4.79 Å². The van der Waals surface area contributed by atoms with E-state index in [1.165, 1.54) is 11.8 Å². The fourth-order valence-corrected chi connectivity index (χ4v) is 2.37. The number of aryl methyl sites for hydroxylation is 2. The summed E-state index contributed by atoms with van der Waals surface area (Å²) < 4.78 is 10.4. The first-order chi connectivity index (χ1) is 9.10. The molecule has 0 saturated carbocycles. The lowest BCUT2D eigenvalue weighted by molar-refractivity contribution is 0.101. The van der Waals surface area contributed by atoms with Crippen LogP contribution in [0.15, 0.2) is 34.1 Å². The number of thioether (sulfide) groups is 1. The second-order valence-corrected chi connectivity index (χ2v) is 5.10. The number of nitrogens with zero attached hydrogens (tertiary/aromatic N) is 1. The topological polar surface area (TPSA) is 52.3 Å². The van der Waals surface area contributed by atoms with Crippen LogP contribution in [0.25, 0.3) is 0 Å². The molecule has 4 nitrogen and oxygen atoms in total. The van der Waals surface area contributed by atoms with E-state index in [2.05, 4.69) is 4.98 Å². The largest absolute Gasteiger partial charge is 0.496 e. The molecule has 19 heavy (non-hydrogen) atoms. The van der Waals surface area contributed by atoms with Gasteiger partial charge in [-0.25, -0.2) is 4.98 Å². The van der Waals surface area contributed by atoms with Crippen molar-refractivity contribution in [2.45, 2.75) is 19.1 Å². The first-order valence-electron chi connectivity index (χ1n) is 5.83. The zero-order valence-corrected chi connectivity index (χ0v) is 11.9. The molecule has 0 aliphatic rings. The van der Waals surface area contributed by atoms with E-state index in [1.54, 1.807) is 19.4 Å². The van der Waals surface area contributed by atoms with Crippen LogP contribution >= 0.6 is 11.8 Å². The Labute approximate surface area is 116 Å². The molecule has 2 rings (SSSR count). The van der Waals surface area contributed by atoms with Gasteiger partial charge >= 0.3 is 0 Å². The molecular formula is C14H15NO3S. The van der Waals surface area contributed by atoms with E-state index in [4.69, 9.17) is 9.15 Å². The van der Waals surface area contributed by atoms with Crippen molar-refractivity contribution >= 4 is 17.5 Å². The number of methoxy groups -OCH3 is 1. The van der Waals surface area contributed by atoms with Crippen molar-refractivity contribution < 1.29 is 13.9 Å². The second kappa shape index (κ2) is 5.93. The Bertz CT molecular complexity index is 592. The molecule has 1 aromatic carbocycles. The molecule has 0 bridgehead atoms. The van der Waals surface area contributed by atoms with Gasteiger partial charge in [0, 0.05) is 0 Å². The monoisotopic (exact) mass is 277 g/mol. The first-order valence-corrected chi connectivity index (χ1v) is 6.81. The third-order valence-corrected chi connectivity index (χ3v) is 3.42. The third-order valence-electron chi connectivity index (χ3n) is 2.58. The molecule has 0 atom stereocenters. The van der Waals surface area contributed by atoms with Crippen LogP contribution < -0.4 is 4.74 Å². The maximum atomic E-state index is 12.1. The van der Waals surface area contributed by atoms with Gasteiger partial charge < -0.3 is 9.15 Å². The quantitative estimate of drug-likeness (QED) is 0.620. The summed E-state index contributed by atoms with van der Waals surface area (Å²) in [5, 5.41) is 0.511. The molecule has 5 heteroatoms. The van der Waals surface area contributed by atoms with E-state index in [9.17, 15) is 4.79 Å². The summed E-state index contributed by atoms with van der Waals surface area (Å²) in [6.45, 7) is 3.81. The van der Waals surface area contributed by atoms with E-state index in [-0.39, 0.29) is 11.5 Å². The minimum atomic E-state index is -0.00213. The van der Waals surface area contributed by atoms with Gasteiger partial charge in [0.15, 0.2) is 5.78 Å². The highest BCUT2D eigenvalue weighted by atomic mass is 32.2. The van der Waals surface area contributed by atoms with Crippen molar-refractivity contribution in [2.75, 3.05) is 12.9 Å². The second-order valence-electron chi connectivity index (χ2n) is 4.17. The van der Waals surface area contributed by atoms with E-state index in [0.717, 1.165) is 11.3 Å². The molecule has 1 heterocycles. The lowest BCUT2D eigenvalue weighted by Gasteiger charge is -2.07. The van der Waals surface area contributed by atoms with Crippen molar-refractivity contribution in [3.8, 4) is 5.75 Å². The summed E-state index contributed by atoms with van der Waals surface area (Å²) in [7, 11) is 1.57. The van der Waals surface area contributed by atoms with Crippen LogP contribution in [0.2, 0.25) is 0 Å². The van der Waals surface area contributed by atoms with E-state index >= 15 is 0 Å². The number of hydrogen-bond donors (Lipinski definition) is 0. The molecule has 2 aromatic rings. The fraction of sp³-hybridized carbons (Fsp3) is 0.286. The van der Waals surface area contributed by atoms with Crippen molar-refractivity contribution in [1.82, 2.24) is 4.98 Å². The number of aromatic nitrogens is 1. The fourth-order valence-electron chi connectivity index (χ4n) is 1.63. The molecule has 0 fully saturated rings. The van der Waals surface area contributed by atoms with Gasteiger partial charge in [-0.05, 0) is 31.5 Å². The summed E-state index contributed by atoms with van der Waals surface area (Å²) >= 11 is 1.28. The standard InChI is InChI=1S/C14H15NO3S/c1-9-4-5-11(13(6-9)17-3)12(16)8-19-14-15-10(2)7-18-14/h4-7H,8H2,1-3H3. The van der Waals surface area contributed by atoms with Crippen LogP contribution in [0.3, 0.4) is 0 Å². The number of benzene rings is 1. The summed E-state index contributed by atoms with van der Waals surface area (Å²) in [4.78, 5) is 16.3. The van der Waals surface area contributed by atoms with Crippen LogP contribution in [0, 0.1) is 13.8 Å². The highest BCUT2D eigenvalue weighted by Gasteiger charge is 2.14. The zero-order chi connectivity index (χ0) is 13.8. The SMILES string of the molecule is COc1cc(C)ccc1C(=O)CSc1nc(C)co1. The Hall–Kier alpha value is -1.75. The molecule has 0 aliphatic heterocycles. The van der Waals surface area contributed by atoms with Crippen LogP contribution in [0.4, 0.5) is 0 Å². The summed E-state index contributed by atoms with van der Waals surface area (Å²) in [6.07, 6.45) is 1.57. The van der Waals surface area contributed by atoms with Gasteiger partial charge in [0.2, 0.25) is 0 Å². The molecule has 0 radical (unpaired) electrons. The first kappa shape index (κ1) is 13.7. The third kappa shape index (κ3) is 3.38. The Balaban J connectivity index is 2.07. The van der Waals surface area contributed by atoms with Crippen LogP contribution in [-0.2, 0) is 0 Å².